The third kappa shape index (κ3) is 5.19. The second-order valence-electron chi connectivity index (χ2n) is 9.95. The van der Waals surface area contributed by atoms with E-state index in [2.05, 4.69) is 15.2 Å². The maximum absolute atomic E-state index is 13.2. The lowest BCUT2D eigenvalue weighted by atomic mass is 9.79. The van der Waals surface area contributed by atoms with Crippen LogP contribution < -0.4 is 16.0 Å². The fourth-order valence-corrected chi connectivity index (χ4v) is 5.09. The van der Waals surface area contributed by atoms with E-state index in [4.69, 9.17) is 10.5 Å². The molecular formula is C28H29F3N4O2. The van der Waals surface area contributed by atoms with Crippen molar-refractivity contribution in [2.45, 2.75) is 32.1 Å². The van der Waals surface area contributed by atoms with Gasteiger partial charge in [-0.3, -0.25) is 9.78 Å². The van der Waals surface area contributed by atoms with E-state index < -0.39 is 11.7 Å². The second kappa shape index (κ2) is 9.79. The Hall–Kier alpha value is -3.43. The lowest BCUT2D eigenvalue weighted by molar-refractivity contribution is -0.137. The summed E-state index contributed by atoms with van der Waals surface area (Å²) in [4.78, 5) is 19.4. The van der Waals surface area contributed by atoms with Crippen molar-refractivity contribution in [3.63, 3.8) is 0 Å². The van der Waals surface area contributed by atoms with Crippen LogP contribution in [0.4, 0.5) is 18.9 Å². The van der Waals surface area contributed by atoms with Gasteiger partial charge in [0, 0.05) is 43.5 Å². The molecule has 0 aliphatic carbocycles. The quantitative estimate of drug-likeness (QED) is 0.491. The highest BCUT2D eigenvalue weighted by Gasteiger charge is 2.46. The van der Waals surface area contributed by atoms with Crippen LogP contribution in [0.2, 0.25) is 0 Å². The molecule has 0 unspecified atom stereocenters. The zero-order chi connectivity index (χ0) is 26.2. The van der Waals surface area contributed by atoms with Crippen molar-refractivity contribution in [3.8, 4) is 11.1 Å². The Kier molecular flexibility index (Phi) is 6.68. The summed E-state index contributed by atoms with van der Waals surface area (Å²) in [5.41, 5.74) is 9.10. The number of pyridine rings is 1. The molecule has 2 saturated heterocycles. The van der Waals surface area contributed by atoms with Crippen molar-refractivity contribution in [3.05, 3.63) is 83.2 Å². The fraction of sp³-hybridized carbons (Fsp3) is 0.357. The van der Waals surface area contributed by atoms with Crippen molar-refractivity contribution in [1.82, 2.24) is 10.3 Å². The minimum absolute atomic E-state index is 0.125. The molecule has 2 aliphatic rings. The number of ether oxygens (including phenoxy) is 1. The van der Waals surface area contributed by atoms with Crippen molar-refractivity contribution in [2.24, 2.45) is 11.1 Å². The van der Waals surface area contributed by atoms with Crippen LogP contribution >= 0.6 is 0 Å². The van der Waals surface area contributed by atoms with Crippen molar-refractivity contribution in [1.29, 1.82) is 0 Å². The van der Waals surface area contributed by atoms with Gasteiger partial charge in [0.05, 0.1) is 18.2 Å². The number of alkyl halides is 3. The zero-order valence-electron chi connectivity index (χ0n) is 20.5. The van der Waals surface area contributed by atoms with Gasteiger partial charge >= 0.3 is 6.18 Å². The molecule has 3 N–H and O–H groups in total. The van der Waals surface area contributed by atoms with Crippen LogP contribution in [0.25, 0.3) is 11.1 Å². The average Bonchev–Trinajstić information content (AvgIpc) is 3.38. The highest BCUT2D eigenvalue weighted by Crippen LogP contribution is 2.40. The molecule has 6 nitrogen and oxygen atoms in total. The Morgan fingerprint density at radius 3 is 2.57 bits per heavy atom. The monoisotopic (exact) mass is 510 g/mol. The average molecular weight is 511 g/mol. The number of carbonyl (C=O) groups is 1. The maximum Gasteiger partial charge on any atom is 0.416 e. The molecule has 37 heavy (non-hydrogen) atoms. The van der Waals surface area contributed by atoms with Gasteiger partial charge in [-0.1, -0.05) is 30.3 Å². The Labute approximate surface area is 213 Å². The summed E-state index contributed by atoms with van der Waals surface area (Å²) in [6, 6.07) is 14.1. The number of hydrogen-bond acceptors (Lipinski definition) is 5. The van der Waals surface area contributed by atoms with E-state index in [1.165, 1.54) is 6.07 Å². The first-order valence-electron chi connectivity index (χ1n) is 12.3. The van der Waals surface area contributed by atoms with Crippen molar-refractivity contribution in [2.75, 3.05) is 31.2 Å². The highest BCUT2D eigenvalue weighted by atomic mass is 19.4. The number of nitrogens with two attached hydrogens (primary N) is 1. The van der Waals surface area contributed by atoms with Crippen LogP contribution in [0, 0.1) is 5.41 Å². The van der Waals surface area contributed by atoms with Gasteiger partial charge in [-0.25, -0.2) is 0 Å². The molecule has 1 aromatic heterocycles. The molecule has 2 aliphatic heterocycles. The molecule has 0 bridgehead atoms. The number of nitrogens with zero attached hydrogens (tertiary/aromatic N) is 2. The summed E-state index contributed by atoms with van der Waals surface area (Å²) in [6.07, 6.45) is -1.72. The van der Waals surface area contributed by atoms with E-state index in [1.807, 2.05) is 13.0 Å². The van der Waals surface area contributed by atoms with Crippen LogP contribution in [0.1, 0.15) is 46.6 Å². The molecule has 3 aromatic rings. The molecule has 5 rings (SSSR count). The van der Waals surface area contributed by atoms with Gasteiger partial charge in [-0.2, -0.15) is 13.2 Å². The lowest BCUT2D eigenvalue weighted by Gasteiger charge is -2.48. The first kappa shape index (κ1) is 25.2. The highest BCUT2D eigenvalue weighted by molar-refractivity contribution is 5.93. The molecule has 9 heteroatoms. The van der Waals surface area contributed by atoms with Crippen molar-refractivity contribution < 1.29 is 22.7 Å². The smallest absolute Gasteiger partial charge is 0.381 e. The first-order valence-corrected chi connectivity index (χ1v) is 12.3. The predicted octanol–water partition coefficient (Wildman–Crippen LogP) is 4.94. The van der Waals surface area contributed by atoms with Gasteiger partial charge in [0.2, 0.25) is 0 Å². The van der Waals surface area contributed by atoms with Crippen LogP contribution in [-0.2, 0) is 17.5 Å². The number of benzene rings is 2. The summed E-state index contributed by atoms with van der Waals surface area (Å²) in [7, 11) is 0. The third-order valence-corrected chi connectivity index (χ3v) is 7.31. The lowest BCUT2D eigenvalue weighted by Crippen LogP contribution is -2.57. The summed E-state index contributed by atoms with van der Waals surface area (Å²) in [5.74, 6) is -0.291. The number of anilines is 1. The molecule has 3 heterocycles. The molecular weight excluding hydrogens is 481 g/mol. The third-order valence-electron chi connectivity index (χ3n) is 7.31. The molecule has 2 fully saturated rings. The second-order valence-corrected chi connectivity index (χ2v) is 9.95. The molecule has 0 saturated carbocycles. The number of rotatable bonds is 6. The minimum atomic E-state index is -4.44. The normalized spacial score (nSPS) is 17.5. The summed E-state index contributed by atoms with van der Waals surface area (Å²) in [6.45, 7) is 5.41. The number of aromatic nitrogens is 1. The standard InChI is InChI=1S/C28H29F3N4O2/c1-18(19-2-4-20(5-3-19)24-12-22(28(29,30)31)7-6-21(24)14-32)34-26(36)25-13-23(8-10-33-25)35-15-27(16-35)9-11-37-17-27/h2-8,10,12-13,18H,9,11,14-17,32H2,1H3,(H,34,36)/t18-/m1/s1. The molecule has 1 amide bonds. The Balaban J connectivity index is 1.26. The number of halogens is 3. The van der Waals surface area contributed by atoms with Crippen LogP contribution in [0.15, 0.2) is 60.8 Å². The van der Waals surface area contributed by atoms with E-state index in [0.29, 0.717) is 22.4 Å². The molecule has 0 radical (unpaired) electrons. The molecule has 1 spiro atoms. The van der Waals surface area contributed by atoms with Gasteiger partial charge in [-0.05, 0) is 59.9 Å². The van der Waals surface area contributed by atoms with E-state index in [9.17, 15) is 18.0 Å². The molecule has 1 atom stereocenters. The van der Waals surface area contributed by atoms with E-state index in [-0.39, 0.29) is 23.9 Å². The number of carbonyl (C=O) groups excluding carboxylic acids is 1. The van der Waals surface area contributed by atoms with Gasteiger partial charge in [0.25, 0.3) is 5.91 Å². The number of hydrogen-bond donors (Lipinski definition) is 2. The Morgan fingerprint density at radius 2 is 1.92 bits per heavy atom. The topological polar surface area (TPSA) is 80.5 Å². The number of amides is 1. The summed E-state index contributed by atoms with van der Waals surface area (Å²) in [5, 5.41) is 2.97. The largest absolute Gasteiger partial charge is 0.416 e. The van der Waals surface area contributed by atoms with Gasteiger partial charge in [0.1, 0.15) is 5.69 Å². The Morgan fingerprint density at radius 1 is 1.16 bits per heavy atom. The Bertz CT molecular complexity index is 1280. The SMILES string of the molecule is C[C@@H](NC(=O)c1cc(N2CC3(CCOC3)C2)ccn1)c1ccc(-c2cc(C(F)(F)F)ccc2CN)cc1. The summed E-state index contributed by atoms with van der Waals surface area (Å²) < 4.78 is 45.2. The first-order chi connectivity index (χ1) is 17.7. The molecule has 194 valence electrons. The van der Waals surface area contributed by atoms with E-state index in [1.54, 1.807) is 36.5 Å². The van der Waals surface area contributed by atoms with Gasteiger partial charge < -0.3 is 20.7 Å². The van der Waals surface area contributed by atoms with Crippen molar-refractivity contribution >= 4 is 11.6 Å². The minimum Gasteiger partial charge on any atom is -0.381 e. The van der Waals surface area contributed by atoms with E-state index >= 15 is 0 Å². The van der Waals surface area contributed by atoms with Gasteiger partial charge in [0.15, 0.2) is 0 Å². The van der Waals surface area contributed by atoms with Crippen LogP contribution in [0.5, 0.6) is 0 Å². The maximum atomic E-state index is 13.2. The van der Waals surface area contributed by atoms with Gasteiger partial charge in [-0.15, -0.1) is 0 Å². The predicted molar refractivity (Wildman–Crippen MR) is 135 cm³/mol. The van der Waals surface area contributed by atoms with Crippen LogP contribution in [0.3, 0.4) is 0 Å². The van der Waals surface area contributed by atoms with E-state index in [0.717, 1.165) is 56.1 Å². The molecule has 2 aromatic carbocycles. The van der Waals surface area contributed by atoms with Crippen LogP contribution in [-0.4, -0.2) is 37.2 Å². The number of nitrogens with one attached hydrogen (secondary N) is 1. The fourth-order valence-electron chi connectivity index (χ4n) is 5.09. The zero-order valence-corrected chi connectivity index (χ0v) is 20.5. The summed E-state index contributed by atoms with van der Waals surface area (Å²) >= 11 is 0.